The molecule has 7 heteroatoms. The van der Waals surface area contributed by atoms with Crippen molar-refractivity contribution in [1.29, 1.82) is 0 Å². The van der Waals surface area contributed by atoms with Crippen LogP contribution in [0.25, 0.3) is 10.8 Å². The summed E-state index contributed by atoms with van der Waals surface area (Å²) in [6, 6.07) is 9.32. The molecule has 140 valence electrons. The first kappa shape index (κ1) is 17.5. The fourth-order valence-corrected chi connectivity index (χ4v) is 3.76. The van der Waals surface area contributed by atoms with Crippen LogP contribution in [0.4, 0.5) is 5.69 Å². The molecule has 2 heterocycles. The van der Waals surface area contributed by atoms with Crippen LogP contribution in [0.3, 0.4) is 0 Å². The average molecular weight is 367 g/mol. The number of hydrogen-bond acceptors (Lipinski definition) is 5. The molecule has 0 atom stereocenters. The number of carbonyl (C=O) groups excluding carboxylic acids is 3. The number of imide groups is 1. The van der Waals surface area contributed by atoms with Gasteiger partial charge in [0, 0.05) is 60.7 Å². The number of rotatable bonds is 4. The lowest BCUT2D eigenvalue weighted by Crippen LogP contribution is -2.44. The van der Waals surface area contributed by atoms with Gasteiger partial charge in [-0.15, -0.1) is 0 Å². The summed E-state index contributed by atoms with van der Waals surface area (Å²) < 4.78 is 5.43. The highest BCUT2D eigenvalue weighted by atomic mass is 16.5. The van der Waals surface area contributed by atoms with E-state index in [2.05, 4.69) is 10.2 Å². The Morgan fingerprint density at radius 3 is 2.48 bits per heavy atom. The molecule has 0 aromatic heterocycles. The SMILES string of the molecule is CC(=O)NCCN1C(=O)c2cccc3c(N4CCOCC4)ccc(c23)C1=O. The van der Waals surface area contributed by atoms with Gasteiger partial charge in [0.25, 0.3) is 11.8 Å². The molecule has 2 aliphatic heterocycles. The van der Waals surface area contributed by atoms with E-state index in [0.29, 0.717) is 29.7 Å². The van der Waals surface area contributed by atoms with Gasteiger partial charge in [0.1, 0.15) is 0 Å². The van der Waals surface area contributed by atoms with Crippen molar-refractivity contribution in [3.05, 3.63) is 41.5 Å². The van der Waals surface area contributed by atoms with Crippen LogP contribution < -0.4 is 10.2 Å². The normalized spacial score (nSPS) is 16.8. The molecule has 3 amide bonds. The molecule has 0 saturated carbocycles. The Morgan fingerprint density at radius 1 is 1.07 bits per heavy atom. The molecule has 1 saturated heterocycles. The minimum absolute atomic E-state index is 0.151. The fourth-order valence-electron chi connectivity index (χ4n) is 3.76. The molecule has 2 aliphatic rings. The summed E-state index contributed by atoms with van der Waals surface area (Å²) in [4.78, 5) is 40.4. The second-order valence-electron chi connectivity index (χ2n) is 6.70. The third-order valence-corrected chi connectivity index (χ3v) is 5.03. The summed E-state index contributed by atoms with van der Waals surface area (Å²) in [6.45, 7) is 4.69. The number of hydrogen-bond donors (Lipinski definition) is 1. The largest absolute Gasteiger partial charge is 0.378 e. The minimum atomic E-state index is -0.317. The van der Waals surface area contributed by atoms with Crippen molar-refractivity contribution in [3.8, 4) is 0 Å². The Labute approximate surface area is 156 Å². The summed E-state index contributed by atoms with van der Waals surface area (Å²) in [6.07, 6.45) is 0. The molecule has 7 nitrogen and oxygen atoms in total. The van der Waals surface area contributed by atoms with Crippen LogP contribution in [-0.4, -0.2) is 62.0 Å². The average Bonchev–Trinajstić information content (AvgIpc) is 2.68. The maximum atomic E-state index is 12.9. The summed E-state index contributed by atoms with van der Waals surface area (Å²) >= 11 is 0. The molecule has 0 unspecified atom stereocenters. The number of benzene rings is 2. The molecule has 0 aliphatic carbocycles. The number of anilines is 1. The molecule has 0 radical (unpaired) electrons. The van der Waals surface area contributed by atoms with Crippen molar-refractivity contribution in [1.82, 2.24) is 10.2 Å². The number of amides is 3. The number of carbonyl (C=O) groups is 3. The maximum Gasteiger partial charge on any atom is 0.261 e. The summed E-state index contributed by atoms with van der Waals surface area (Å²) in [7, 11) is 0. The van der Waals surface area contributed by atoms with Crippen LogP contribution in [-0.2, 0) is 9.53 Å². The quantitative estimate of drug-likeness (QED) is 0.827. The van der Waals surface area contributed by atoms with Gasteiger partial charge in [0.05, 0.1) is 13.2 Å². The van der Waals surface area contributed by atoms with Gasteiger partial charge in [0.15, 0.2) is 0 Å². The van der Waals surface area contributed by atoms with Gasteiger partial charge in [0.2, 0.25) is 5.91 Å². The fraction of sp³-hybridized carbons (Fsp3) is 0.350. The van der Waals surface area contributed by atoms with Crippen molar-refractivity contribution >= 4 is 34.2 Å². The Hall–Kier alpha value is -2.93. The standard InChI is InChI=1S/C20H21N3O4/c1-13(24)21-7-8-23-19(25)15-4-2-3-14-17(22-9-11-27-12-10-22)6-5-16(18(14)15)20(23)26/h2-6H,7-12H2,1H3,(H,21,24). The highest BCUT2D eigenvalue weighted by Crippen LogP contribution is 2.36. The Bertz CT molecular complexity index is 912. The molecule has 27 heavy (non-hydrogen) atoms. The predicted molar refractivity (Wildman–Crippen MR) is 101 cm³/mol. The summed E-state index contributed by atoms with van der Waals surface area (Å²) in [5.41, 5.74) is 2.08. The topological polar surface area (TPSA) is 79.0 Å². The van der Waals surface area contributed by atoms with E-state index in [9.17, 15) is 14.4 Å². The van der Waals surface area contributed by atoms with Gasteiger partial charge in [-0.05, 0) is 18.2 Å². The number of nitrogens with zero attached hydrogens (tertiary/aromatic N) is 2. The molecule has 1 fully saturated rings. The molecular formula is C20H21N3O4. The molecular weight excluding hydrogens is 346 g/mol. The summed E-state index contributed by atoms with van der Waals surface area (Å²) in [5, 5.41) is 4.26. The van der Waals surface area contributed by atoms with Gasteiger partial charge < -0.3 is 15.0 Å². The second kappa shape index (κ2) is 7.00. The van der Waals surface area contributed by atoms with E-state index in [1.54, 1.807) is 12.1 Å². The van der Waals surface area contributed by atoms with E-state index in [1.165, 1.54) is 11.8 Å². The highest BCUT2D eigenvalue weighted by molar-refractivity contribution is 6.26. The Morgan fingerprint density at radius 2 is 1.78 bits per heavy atom. The smallest absolute Gasteiger partial charge is 0.261 e. The van der Waals surface area contributed by atoms with Crippen LogP contribution in [0.2, 0.25) is 0 Å². The van der Waals surface area contributed by atoms with Crippen molar-refractivity contribution in [2.75, 3.05) is 44.3 Å². The first-order chi connectivity index (χ1) is 13.1. The number of nitrogens with one attached hydrogen (secondary N) is 1. The van der Waals surface area contributed by atoms with E-state index in [0.717, 1.165) is 24.2 Å². The Balaban J connectivity index is 1.75. The van der Waals surface area contributed by atoms with Crippen molar-refractivity contribution in [3.63, 3.8) is 0 Å². The van der Waals surface area contributed by atoms with E-state index in [4.69, 9.17) is 4.74 Å². The molecule has 4 rings (SSSR count). The molecule has 1 N–H and O–H groups in total. The van der Waals surface area contributed by atoms with Crippen LogP contribution in [0, 0.1) is 0 Å². The van der Waals surface area contributed by atoms with Gasteiger partial charge in [-0.3, -0.25) is 19.3 Å². The van der Waals surface area contributed by atoms with Crippen molar-refractivity contribution in [2.24, 2.45) is 0 Å². The number of ether oxygens (including phenoxy) is 1. The van der Waals surface area contributed by atoms with Gasteiger partial charge >= 0.3 is 0 Å². The zero-order valence-corrected chi connectivity index (χ0v) is 15.2. The van der Waals surface area contributed by atoms with Crippen molar-refractivity contribution < 1.29 is 19.1 Å². The monoisotopic (exact) mass is 367 g/mol. The predicted octanol–water partition coefficient (Wildman–Crippen LogP) is 1.41. The third-order valence-electron chi connectivity index (χ3n) is 5.03. The second-order valence-corrected chi connectivity index (χ2v) is 6.70. The molecule has 0 spiro atoms. The minimum Gasteiger partial charge on any atom is -0.378 e. The third kappa shape index (κ3) is 3.04. The molecule has 0 bridgehead atoms. The highest BCUT2D eigenvalue weighted by Gasteiger charge is 2.33. The maximum absolute atomic E-state index is 12.9. The lowest BCUT2D eigenvalue weighted by Gasteiger charge is -2.32. The lowest BCUT2D eigenvalue weighted by molar-refractivity contribution is -0.119. The van der Waals surface area contributed by atoms with Gasteiger partial charge in [-0.25, -0.2) is 0 Å². The van der Waals surface area contributed by atoms with Gasteiger partial charge in [-0.1, -0.05) is 12.1 Å². The zero-order chi connectivity index (χ0) is 19.0. The van der Waals surface area contributed by atoms with Crippen LogP contribution in [0.15, 0.2) is 30.3 Å². The van der Waals surface area contributed by atoms with Crippen LogP contribution >= 0.6 is 0 Å². The van der Waals surface area contributed by atoms with Crippen LogP contribution in [0.1, 0.15) is 27.6 Å². The lowest BCUT2D eigenvalue weighted by atomic mass is 9.92. The first-order valence-electron chi connectivity index (χ1n) is 9.07. The van der Waals surface area contributed by atoms with Gasteiger partial charge in [-0.2, -0.15) is 0 Å². The summed E-state index contributed by atoms with van der Waals surface area (Å²) in [5.74, 6) is -0.824. The van der Waals surface area contributed by atoms with E-state index >= 15 is 0 Å². The molecule has 2 aromatic rings. The first-order valence-corrected chi connectivity index (χ1v) is 9.07. The van der Waals surface area contributed by atoms with E-state index < -0.39 is 0 Å². The van der Waals surface area contributed by atoms with Crippen molar-refractivity contribution in [2.45, 2.75) is 6.92 Å². The molecule has 2 aromatic carbocycles. The zero-order valence-electron chi connectivity index (χ0n) is 15.2. The van der Waals surface area contributed by atoms with E-state index in [1.807, 2.05) is 18.2 Å². The Kier molecular flexibility index (Phi) is 4.53. The van der Waals surface area contributed by atoms with E-state index in [-0.39, 0.29) is 30.8 Å². The number of morpholine rings is 1. The van der Waals surface area contributed by atoms with Crippen LogP contribution in [0.5, 0.6) is 0 Å².